The quantitative estimate of drug-likeness (QED) is 0.315. The molecule has 150 valence electrons. The lowest BCUT2D eigenvalue weighted by atomic mass is 9.93. The van der Waals surface area contributed by atoms with Crippen LogP contribution in [0.5, 0.6) is 5.75 Å². The van der Waals surface area contributed by atoms with Crippen LogP contribution < -0.4 is 9.64 Å². The van der Waals surface area contributed by atoms with Crippen molar-refractivity contribution in [3.63, 3.8) is 0 Å². The number of nitro groups is 2. The van der Waals surface area contributed by atoms with E-state index in [4.69, 9.17) is 4.74 Å². The third-order valence-corrected chi connectivity index (χ3v) is 5.59. The van der Waals surface area contributed by atoms with Crippen molar-refractivity contribution in [3.8, 4) is 5.75 Å². The maximum Gasteiger partial charge on any atom is 0.297 e. The summed E-state index contributed by atoms with van der Waals surface area (Å²) in [5.74, 6) is -1.50. The smallest absolute Gasteiger partial charge is 0.297 e. The van der Waals surface area contributed by atoms with Crippen molar-refractivity contribution in [1.82, 2.24) is 0 Å². The minimum atomic E-state index is -0.896. The SMILES string of the molecule is COc1ccc(N2C(=O)c3cccc4c(Br)c([N+](=O)[O-])cc(c34)C2=O)c([N+](=O)[O-])c1. The number of amides is 2. The molecule has 0 saturated carbocycles. The molecule has 30 heavy (non-hydrogen) atoms. The van der Waals surface area contributed by atoms with Crippen molar-refractivity contribution in [1.29, 1.82) is 0 Å². The molecule has 3 aromatic carbocycles. The van der Waals surface area contributed by atoms with E-state index in [1.165, 1.54) is 31.4 Å². The van der Waals surface area contributed by atoms with Crippen LogP contribution in [0.25, 0.3) is 10.8 Å². The van der Waals surface area contributed by atoms with Crippen LogP contribution >= 0.6 is 15.9 Å². The summed E-state index contributed by atoms with van der Waals surface area (Å²) >= 11 is 3.17. The first-order valence-corrected chi connectivity index (χ1v) is 9.16. The van der Waals surface area contributed by atoms with Gasteiger partial charge in [-0.1, -0.05) is 12.1 Å². The third kappa shape index (κ3) is 2.70. The number of carbonyl (C=O) groups excluding carboxylic acids is 2. The second kappa shape index (κ2) is 6.88. The lowest BCUT2D eigenvalue weighted by molar-refractivity contribution is -0.385. The molecule has 0 fully saturated rings. The van der Waals surface area contributed by atoms with Gasteiger partial charge >= 0.3 is 0 Å². The Kier molecular flexibility index (Phi) is 4.46. The van der Waals surface area contributed by atoms with Crippen molar-refractivity contribution >= 4 is 55.6 Å². The Labute approximate surface area is 176 Å². The van der Waals surface area contributed by atoms with E-state index in [1.807, 2.05) is 0 Å². The van der Waals surface area contributed by atoms with Gasteiger partial charge in [-0.25, -0.2) is 4.90 Å². The van der Waals surface area contributed by atoms with E-state index in [-0.39, 0.29) is 38.1 Å². The Bertz CT molecular complexity index is 1310. The number of carbonyl (C=O) groups is 2. The number of halogens is 1. The molecule has 0 N–H and O–H groups in total. The third-order valence-electron chi connectivity index (χ3n) is 4.76. The fourth-order valence-electron chi connectivity index (χ4n) is 3.43. The average molecular weight is 472 g/mol. The summed E-state index contributed by atoms with van der Waals surface area (Å²) in [6.45, 7) is 0. The van der Waals surface area contributed by atoms with Gasteiger partial charge in [-0.05, 0) is 34.1 Å². The number of methoxy groups -OCH3 is 1. The van der Waals surface area contributed by atoms with Gasteiger partial charge in [0.25, 0.3) is 23.2 Å². The highest BCUT2D eigenvalue weighted by molar-refractivity contribution is 9.10. The maximum atomic E-state index is 13.2. The minimum Gasteiger partial charge on any atom is -0.496 e. The minimum absolute atomic E-state index is 0.0970. The summed E-state index contributed by atoms with van der Waals surface area (Å²) in [5, 5.41) is 23.6. The molecule has 1 aliphatic rings. The first kappa shape index (κ1) is 19.5. The van der Waals surface area contributed by atoms with Crippen LogP contribution in [0.3, 0.4) is 0 Å². The molecule has 0 aliphatic carbocycles. The second-order valence-corrected chi connectivity index (χ2v) is 7.09. The second-order valence-electron chi connectivity index (χ2n) is 6.30. The molecule has 0 unspecified atom stereocenters. The number of benzene rings is 3. The topological polar surface area (TPSA) is 133 Å². The van der Waals surface area contributed by atoms with E-state index in [0.717, 1.165) is 12.1 Å². The van der Waals surface area contributed by atoms with Crippen LogP contribution in [0.1, 0.15) is 20.7 Å². The van der Waals surface area contributed by atoms with Gasteiger partial charge < -0.3 is 4.74 Å². The lowest BCUT2D eigenvalue weighted by Crippen LogP contribution is -2.40. The van der Waals surface area contributed by atoms with Crippen molar-refractivity contribution in [3.05, 3.63) is 78.3 Å². The van der Waals surface area contributed by atoms with Crippen LogP contribution in [0.2, 0.25) is 0 Å². The summed E-state index contributed by atoms with van der Waals surface area (Å²) in [5.41, 5.74) is -1.13. The van der Waals surface area contributed by atoms with Gasteiger partial charge in [0.1, 0.15) is 15.9 Å². The molecular formula is C19H10BrN3O7. The Balaban J connectivity index is 2.03. The largest absolute Gasteiger partial charge is 0.496 e. The number of hydrogen-bond acceptors (Lipinski definition) is 7. The molecule has 0 aromatic heterocycles. The summed E-state index contributed by atoms with van der Waals surface area (Å²) in [7, 11) is 1.32. The molecule has 0 saturated heterocycles. The van der Waals surface area contributed by atoms with Crippen LogP contribution in [0.15, 0.2) is 46.9 Å². The number of rotatable bonds is 4. The normalized spacial score (nSPS) is 12.9. The molecular weight excluding hydrogens is 462 g/mol. The predicted molar refractivity (Wildman–Crippen MR) is 109 cm³/mol. The molecule has 0 atom stereocenters. The highest BCUT2D eigenvalue weighted by Gasteiger charge is 2.39. The Morgan fingerprint density at radius 3 is 2.23 bits per heavy atom. The molecule has 3 aromatic rings. The number of imide groups is 1. The molecule has 0 radical (unpaired) electrons. The lowest BCUT2D eigenvalue weighted by Gasteiger charge is -2.27. The van der Waals surface area contributed by atoms with Crippen LogP contribution in [-0.2, 0) is 0 Å². The van der Waals surface area contributed by atoms with E-state index in [9.17, 15) is 29.8 Å². The molecule has 0 spiro atoms. The number of hydrogen-bond donors (Lipinski definition) is 0. The zero-order valence-electron chi connectivity index (χ0n) is 15.1. The number of nitrogens with zero attached hydrogens (tertiary/aromatic N) is 3. The van der Waals surface area contributed by atoms with Crippen LogP contribution in [0.4, 0.5) is 17.1 Å². The van der Waals surface area contributed by atoms with Crippen molar-refractivity contribution < 1.29 is 24.2 Å². The Morgan fingerprint density at radius 1 is 0.933 bits per heavy atom. The molecule has 11 heteroatoms. The zero-order valence-corrected chi connectivity index (χ0v) is 16.7. The van der Waals surface area contributed by atoms with Crippen LogP contribution in [-0.4, -0.2) is 28.8 Å². The van der Waals surface area contributed by atoms with Crippen molar-refractivity contribution in [2.24, 2.45) is 0 Å². The highest BCUT2D eigenvalue weighted by Crippen LogP contribution is 2.42. The van der Waals surface area contributed by atoms with Gasteiger partial charge in [0.2, 0.25) is 0 Å². The molecule has 1 aliphatic heterocycles. The van der Waals surface area contributed by atoms with Crippen molar-refractivity contribution in [2.45, 2.75) is 0 Å². The van der Waals surface area contributed by atoms with E-state index in [0.29, 0.717) is 10.3 Å². The summed E-state index contributed by atoms with van der Waals surface area (Å²) in [4.78, 5) is 48.7. The first-order chi connectivity index (χ1) is 14.3. The van der Waals surface area contributed by atoms with E-state index >= 15 is 0 Å². The summed E-state index contributed by atoms with van der Waals surface area (Å²) in [6.07, 6.45) is 0. The fraction of sp³-hybridized carbons (Fsp3) is 0.0526. The average Bonchev–Trinajstić information content (AvgIpc) is 2.72. The highest BCUT2D eigenvalue weighted by atomic mass is 79.9. The number of anilines is 1. The van der Waals surface area contributed by atoms with Crippen LogP contribution in [0, 0.1) is 20.2 Å². The zero-order chi connectivity index (χ0) is 21.7. The van der Waals surface area contributed by atoms with Gasteiger partial charge in [-0.3, -0.25) is 29.8 Å². The number of nitro benzene ring substituents is 2. The van der Waals surface area contributed by atoms with Gasteiger partial charge in [0.05, 0.1) is 28.6 Å². The van der Waals surface area contributed by atoms with Gasteiger partial charge in [-0.2, -0.15) is 0 Å². The van der Waals surface area contributed by atoms with Gasteiger partial charge in [-0.15, -0.1) is 0 Å². The van der Waals surface area contributed by atoms with Gasteiger partial charge in [0, 0.05) is 22.4 Å². The van der Waals surface area contributed by atoms with Gasteiger partial charge in [0.15, 0.2) is 0 Å². The Hall–Kier alpha value is -3.86. The molecule has 2 amide bonds. The molecule has 1 heterocycles. The fourth-order valence-corrected chi connectivity index (χ4v) is 4.02. The van der Waals surface area contributed by atoms with E-state index in [1.54, 1.807) is 6.07 Å². The van der Waals surface area contributed by atoms with E-state index in [2.05, 4.69) is 15.9 Å². The monoisotopic (exact) mass is 471 g/mol. The molecule has 10 nitrogen and oxygen atoms in total. The molecule has 0 bridgehead atoms. The summed E-state index contributed by atoms with van der Waals surface area (Å²) in [6, 6.07) is 9.29. The first-order valence-electron chi connectivity index (χ1n) is 8.37. The van der Waals surface area contributed by atoms with Crippen molar-refractivity contribution in [2.75, 3.05) is 12.0 Å². The predicted octanol–water partition coefficient (Wildman–Crippen LogP) is 4.23. The Morgan fingerprint density at radius 2 is 1.60 bits per heavy atom. The standard InChI is InChI=1S/C19H10BrN3O7/c1-30-9-5-6-13(14(7-9)22(26)27)21-18(24)11-4-2-3-10-16(11)12(19(21)25)8-15(17(10)20)23(28)29/h2-8H,1H3. The van der Waals surface area contributed by atoms with E-state index < -0.39 is 27.3 Å². The maximum absolute atomic E-state index is 13.2. The number of ether oxygens (including phenoxy) is 1. The summed E-state index contributed by atoms with van der Waals surface area (Å²) < 4.78 is 5.12. The molecule has 4 rings (SSSR count).